The fraction of sp³-hybridized carbons (Fsp3) is 0.111. The molecule has 0 spiro atoms. The molecule has 0 unspecified atom stereocenters. The molecular weight excluding hydrogens is 314 g/mol. The van der Waals surface area contributed by atoms with Gasteiger partial charge in [0.1, 0.15) is 5.75 Å². The van der Waals surface area contributed by atoms with Gasteiger partial charge in [-0.25, -0.2) is 9.78 Å². The highest BCUT2D eigenvalue weighted by Crippen LogP contribution is 2.34. The standard InChI is InChI=1S/C18H14ClNO3/c1-10-7-8-13(19)16-12(18(21)22)9-14(20-17(10)16)11-5-3-4-6-15(11)23-2/h3-9H,1-2H3,(H,21,22). The van der Waals surface area contributed by atoms with Crippen LogP contribution in [0.5, 0.6) is 5.75 Å². The molecule has 0 fully saturated rings. The van der Waals surface area contributed by atoms with E-state index < -0.39 is 5.97 Å². The first kappa shape index (κ1) is 15.3. The molecule has 5 heteroatoms. The molecule has 0 aliphatic heterocycles. The number of fused-ring (bicyclic) bond motifs is 1. The van der Waals surface area contributed by atoms with Crippen molar-refractivity contribution in [2.45, 2.75) is 6.92 Å². The second kappa shape index (κ2) is 5.89. The van der Waals surface area contributed by atoms with Crippen molar-refractivity contribution in [2.75, 3.05) is 7.11 Å². The number of nitrogens with zero attached hydrogens (tertiary/aromatic N) is 1. The maximum absolute atomic E-state index is 11.7. The van der Waals surface area contributed by atoms with Crippen molar-refractivity contribution in [3.63, 3.8) is 0 Å². The second-order valence-electron chi connectivity index (χ2n) is 5.15. The normalized spacial score (nSPS) is 10.7. The molecule has 3 rings (SSSR count). The first-order valence-corrected chi connectivity index (χ1v) is 7.37. The van der Waals surface area contributed by atoms with E-state index in [0.717, 1.165) is 11.1 Å². The summed E-state index contributed by atoms with van der Waals surface area (Å²) < 4.78 is 5.35. The lowest BCUT2D eigenvalue weighted by molar-refractivity contribution is 0.0699. The molecule has 1 N–H and O–H groups in total. The summed E-state index contributed by atoms with van der Waals surface area (Å²) in [6.07, 6.45) is 0. The summed E-state index contributed by atoms with van der Waals surface area (Å²) in [5.41, 5.74) is 2.85. The number of ether oxygens (including phenoxy) is 1. The number of pyridine rings is 1. The topological polar surface area (TPSA) is 59.4 Å². The molecule has 0 aliphatic rings. The van der Waals surface area contributed by atoms with Crippen LogP contribution in [0.1, 0.15) is 15.9 Å². The van der Waals surface area contributed by atoms with Gasteiger partial charge in [-0.05, 0) is 36.8 Å². The van der Waals surface area contributed by atoms with Gasteiger partial charge in [-0.1, -0.05) is 29.8 Å². The first-order chi connectivity index (χ1) is 11.0. The smallest absolute Gasteiger partial charge is 0.336 e. The summed E-state index contributed by atoms with van der Waals surface area (Å²) in [5.74, 6) is -0.406. The average molecular weight is 328 g/mol. The lowest BCUT2D eigenvalue weighted by atomic mass is 10.0. The Morgan fingerprint density at radius 1 is 1.22 bits per heavy atom. The van der Waals surface area contributed by atoms with Gasteiger partial charge in [0.05, 0.1) is 28.9 Å². The van der Waals surface area contributed by atoms with Crippen LogP contribution in [0.4, 0.5) is 0 Å². The van der Waals surface area contributed by atoms with Crippen LogP contribution < -0.4 is 4.74 Å². The van der Waals surface area contributed by atoms with Crippen molar-refractivity contribution in [3.05, 3.63) is 58.6 Å². The number of aromatic nitrogens is 1. The largest absolute Gasteiger partial charge is 0.496 e. The Hall–Kier alpha value is -2.59. The molecule has 2 aromatic carbocycles. The van der Waals surface area contributed by atoms with Crippen molar-refractivity contribution in [1.29, 1.82) is 0 Å². The van der Waals surface area contributed by atoms with E-state index in [0.29, 0.717) is 27.4 Å². The monoisotopic (exact) mass is 327 g/mol. The lowest BCUT2D eigenvalue weighted by Crippen LogP contribution is -2.02. The van der Waals surface area contributed by atoms with E-state index in [-0.39, 0.29) is 5.56 Å². The summed E-state index contributed by atoms with van der Waals surface area (Å²) >= 11 is 6.21. The van der Waals surface area contributed by atoms with Gasteiger partial charge in [-0.3, -0.25) is 0 Å². The third-order valence-electron chi connectivity index (χ3n) is 3.72. The lowest BCUT2D eigenvalue weighted by Gasteiger charge is -2.12. The third-order valence-corrected chi connectivity index (χ3v) is 4.04. The Bertz CT molecular complexity index is 922. The summed E-state index contributed by atoms with van der Waals surface area (Å²) in [5, 5.41) is 10.4. The zero-order valence-electron chi connectivity index (χ0n) is 12.6. The van der Waals surface area contributed by atoms with Gasteiger partial charge < -0.3 is 9.84 Å². The van der Waals surface area contributed by atoms with Crippen LogP contribution in [0.25, 0.3) is 22.2 Å². The number of carbonyl (C=O) groups is 1. The van der Waals surface area contributed by atoms with E-state index in [1.165, 1.54) is 6.07 Å². The van der Waals surface area contributed by atoms with Crippen molar-refractivity contribution in [3.8, 4) is 17.0 Å². The predicted molar refractivity (Wildman–Crippen MR) is 90.4 cm³/mol. The van der Waals surface area contributed by atoms with Crippen LogP contribution in [0.3, 0.4) is 0 Å². The highest BCUT2D eigenvalue weighted by molar-refractivity contribution is 6.36. The fourth-order valence-corrected chi connectivity index (χ4v) is 2.85. The number of carboxylic acids is 1. The molecule has 0 amide bonds. The van der Waals surface area contributed by atoms with Crippen LogP contribution >= 0.6 is 11.6 Å². The minimum atomic E-state index is -1.04. The van der Waals surface area contributed by atoms with Crippen LogP contribution in [0, 0.1) is 6.92 Å². The molecule has 23 heavy (non-hydrogen) atoms. The molecule has 1 aromatic heterocycles. The van der Waals surface area contributed by atoms with Crippen LogP contribution in [-0.4, -0.2) is 23.2 Å². The molecular formula is C18H14ClNO3. The van der Waals surface area contributed by atoms with Gasteiger partial charge >= 0.3 is 5.97 Å². The van der Waals surface area contributed by atoms with Crippen LogP contribution in [0.2, 0.25) is 5.02 Å². The molecule has 0 atom stereocenters. The third kappa shape index (κ3) is 2.62. The number of halogens is 1. The van der Waals surface area contributed by atoms with Crippen LogP contribution in [0.15, 0.2) is 42.5 Å². The van der Waals surface area contributed by atoms with E-state index in [1.54, 1.807) is 13.2 Å². The van der Waals surface area contributed by atoms with E-state index >= 15 is 0 Å². The second-order valence-corrected chi connectivity index (χ2v) is 5.56. The molecule has 0 saturated carbocycles. The molecule has 116 valence electrons. The number of para-hydroxylation sites is 1. The highest BCUT2D eigenvalue weighted by Gasteiger charge is 2.18. The van der Waals surface area contributed by atoms with Crippen LogP contribution in [-0.2, 0) is 0 Å². The summed E-state index contributed by atoms with van der Waals surface area (Å²) in [4.78, 5) is 16.3. The molecule has 4 nitrogen and oxygen atoms in total. The molecule has 3 aromatic rings. The Balaban J connectivity index is 2.40. The minimum absolute atomic E-state index is 0.129. The van der Waals surface area contributed by atoms with Gasteiger partial charge in [0.25, 0.3) is 0 Å². The highest BCUT2D eigenvalue weighted by atomic mass is 35.5. The number of carboxylic acid groups (broad SMARTS) is 1. The van der Waals surface area contributed by atoms with Crippen molar-refractivity contribution in [2.24, 2.45) is 0 Å². The quantitative estimate of drug-likeness (QED) is 0.765. The summed E-state index contributed by atoms with van der Waals surface area (Å²) in [7, 11) is 1.57. The van der Waals surface area contributed by atoms with Gasteiger partial charge in [0, 0.05) is 10.9 Å². The number of hydrogen-bond acceptors (Lipinski definition) is 3. The van der Waals surface area contributed by atoms with E-state index in [2.05, 4.69) is 4.98 Å². The molecule has 0 radical (unpaired) electrons. The van der Waals surface area contributed by atoms with Crippen molar-refractivity contribution >= 4 is 28.5 Å². The zero-order chi connectivity index (χ0) is 16.6. The van der Waals surface area contributed by atoms with Crippen molar-refractivity contribution in [1.82, 2.24) is 4.98 Å². The Morgan fingerprint density at radius 3 is 2.65 bits per heavy atom. The number of rotatable bonds is 3. The SMILES string of the molecule is COc1ccccc1-c1cc(C(=O)O)c2c(Cl)ccc(C)c2n1. The molecule has 0 saturated heterocycles. The van der Waals surface area contributed by atoms with Gasteiger partial charge in [0.15, 0.2) is 0 Å². The Kier molecular flexibility index (Phi) is 3.92. The Labute approximate surface area is 138 Å². The molecule has 0 bridgehead atoms. The van der Waals surface area contributed by atoms with Gasteiger partial charge in [-0.15, -0.1) is 0 Å². The molecule has 0 aliphatic carbocycles. The predicted octanol–water partition coefficient (Wildman–Crippen LogP) is 4.57. The number of methoxy groups -OCH3 is 1. The maximum atomic E-state index is 11.7. The van der Waals surface area contributed by atoms with E-state index in [9.17, 15) is 9.90 Å². The van der Waals surface area contributed by atoms with E-state index in [1.807, 2.05) is 37.3 Å². The average Bonchev–Trinajstić information content (AvgIpc) is 2.57. The number of benzene rings is 2. The number of aromatic carboxylic acids is 1. The fourth-order valence-electron chi connectivity index (χ4n) is 2.60. The first-order valence-electron chi connectivity index (χ1n) is 6.99. The number of aryl methyl sites for hydroxylation is 1. The minimum Gasteiger partial charge on any atom is -0.496 e. The summed E-state index contributed by atoms with van der Waals surface area (Å²) in [6, 6.07) is 12.4. The van der Waals surface area contributed by atoms with Gasteiger partial charge in [0.2, 0.25) is 0 Å². The summed E-state index contributed by atoms with van der Waals surface area (Å²) in [6.45, 7) is 1.88. The molecule has 1 heterocycles. The van der Waals surface area contributed by atoms with Gasteiger partial charge in [-0.2, -0.15) is 0 Å². The maximum Gasteiger partial charge on any atom is 0.336 e. The zero-order valence-corrected chi connectivity index (χ0v) is 13.4. The number of hydrogen-bond donors (Lipinski definition) is 1. The van der Waals surface area contributed by atoms with E-state index in [4.69, 9.17) is 16.3 Å². The Morgan fingerprint density at radius 2 is 1.96 bits per heavy atom. The van der Waals surface area contributed by atoms with Crippen molar-refractivity contribution < 1.29 is 14.6 Å².